The van der Waals surface area contributed by atoms with E-state index in [-0.39, 0.29) is 27.9 Å². The lowest BCUT2D eigenvalue weighted by atomic mass is 9.94. The number of amides is 1. The van der Waals surface area contributed by atoms with Gasteiger partial charge in [0.15, 0.2) is 16.6 Å². The number of benzene rings is 3. The first kappa shape index (κ1) is 33.0. The Morgan fingerprint density at radius 2 is 1.77 bits per heavy atom. The van der Waals surface area contributed by atoms with Gasteiger partial charge in [-0.25, -0.2) is 9.78 Å². The fourth-order valence-corrected chi connectivity index (χ4v) is 6.19. The molecule has 1 N–H and O–H groups in total. The minimum atomic E-state index is -1.11. The molecule has 1 aliphatic heterocycles. The van der Waals surface area contributed by atoms with Crippen LogP contribution >= 0.6 is 11.3 Å². The zero-order valence-electron chi connectivity index (χ0n) is 26.4. The van der Waals surface area contributed by atoms with Crippen LogP contribution in [0.5, 0.6) is 17.2 Å². The van der Waals surface area contributed by atoms with Gasteiger partial charge in [0.05, 0.1) is 31.0 Å². The quantitative estimate of drug-likeness (QED) is 0.0583. The lowest BCUT2D eigenvalue weighted by Crippen LogP contribution is -2.29. The Labute approximate surface area is 276 Å². The van der Waals surface area contributed by atoms with Crippen molar-refractivity contribution in [2.75, 3.05) is 25.2 Å². The van der Waals surface area contributed by atoms with Crippen molar-refractivity contribution in [3.8, 4) is 17.2 Å². The van der Waals surface area contributed by atoms with E-state index in [1.54, 1.807) is 43.3 Å². The highest BCUT2D eigenvalue weighted by Gasteiger charge is 2.48. The molecule has 10 nitrogen and oxygen atoms in total. The molecule has 242 valence electrons. The summed E-state index contributed by atoms with van der Waals surface area (Å²) in [6.45, 7) is 9.58. The third-order valence-electron chi connectivity index (χ3n) is 7.44. The van der Waals surface area contributed by atoms with Crippen LogP contribution in [-0.4, -0.2) is 48.1 Å². The van der Waals surface area contributed by atoms with Crippen molar-refractivity contribution in [3.05, 3.63) is 118 Å². The van der Waals surface area contributed by atoms with E-state index in [0.29, 0.717) is 47.3 Å². The van der Waals surface area contributed by atoms with Gasteiger partial charge >= 0.3 is 11.9 Å². The van der Waals surface area contributed by atoms with Crippen molar-refractivity contribution >= 4 is 39.9 Å². The first-order valence-corrected chi connectivity index (χ1v) is 15.6. The number of ether oxygens (including phenoxy) is 4. The molecular formula is C36H34N2O8S. The van der Waals surface area contributed by atoms with Crippen LogP contribution in [0.4, 0.5) is 5.13 Å². The van der Waals surface area contributed by atoms with Crippen molar-refractivity contribution in [1.29, 1.82) is 0 Å². The Balaban J connectivity index is 1.60. The van der Waals surface area contributed by atoms with E-state index >= 15 is 0 Å². The Hall–Kier alpha value is -5.42. The summed E-state index contributed by atoms with van der Waals surface area (Å²) in [5, 5.41) is 11.8. The van der Waals surface area contributed by atoms with Gasteiger partial charge in [-0.1, -0.05) is 60.4 Å². The van der Waals surface area contributed by atoms with Gasteiger partial charge in [0.2, 0.25) is 0 Å². The Bertz CT molecular complexity index is 1860. The van der Waals surface area contributed by atoms with Gasteiger partial charge in [0.25, 0.3) is 5.78 Å². The summed E-state index contributed by atoms with van der Waals surface area (Å²) in [5.41, 5.74) is 2.66. The molecule has 4 aromatic rings. The number of aliphatic hydroxyl groups excluding tert-OH is 1. The predicted molar refractivity (Wildman–Crippen MR) is 178 cm³/mol. The molecular weight excluding hydrogens is 620 g/mol. The summed E-state index contributed by atoms with van der Waals surface area (Å²) in [6, 6.07) is 18.6. The molecule has 0 unspecified atom stereocenters. The molecule has 47 heavy (non-hydrogen) atoms. The second-order valence-electron chi connectivity index (χ2n) is 10.6. The van der Waals surface area contributed by atoms with Gasteiger partial charge < -0.3 is 24.1 Å². The van der Waals surface area contributed by atoms with E-state index < -0.39 is 23.7 Å². The van der Waals surface area contributed by atoms with Crippen molar-refractivity contribution in [2.45, 2.75) is 33.4 Å². The standard InChI is InChI=1S/C36H34N2O8S/c1-6-17-45-35(42)33-22(4)37-36(47-33)38-30(24-13-16-27(44-7-2)28(19-24)43-5)29(32(40)34(38)41)31(39)25-14-15-26(21(3)18-25)46-20-23-11-9-8-10-12-23/h6,8-16,18-19,30,39H,1,7,17,20H2,2-5H3/t30-/m1/s1. The smallest absolute Gasteiger partial charge is 0.350 e. The van der Waals surface area contributed by atoms with Crippen molar-refractivity contribution in [1.82, 2.24) is 4.98 Å². The number of anilines is 1. The Morgan fingerprint density at radius 3 is 2.45 bits per heavy atom. The number of esters is 1. The molecule has 1 fully saturated rings. The summed E-state index contributed by atoms with van der Waals surface area (Å²) in [6.07, 6.45) is 1.44. The number of nitrogens with zero attached hydrogens (tertiary/aromatic N) is 2. The molecule has 0 saturated carbocycles. The second-order valence-corrected chi connectivity index (χ2v) is 11.5. The summed E-state index contributed by atoms with van der Waals surface area (Å²) in [4.78, 5) is 46.1. The fourth-order valence-electron chi connectivity index (χ4n) is 5.20. The molecule has 0 radical (unpaired) electrons. The number of aryl methyl sites for hydroxylation is 2. The monoisotopic (exact) mass is 654 g/mol. The van der Waals surface area contributed by atoms with Crippen LogP contribution in [0.3, 0.4) is 0 Å². The third-order valence-corrected chi connectivity index (χ3v) is 8.58. The van der Waals surface area contributed by atoms with Gasteiger partial charge in [-0.15, -0.1) is 0 Å². The van der Waals surface area contributed by atoms with Crippen molar-refractivity contribution in [3.63, 3.8) is 0 Å². The third kappa shape index (κ3) is 6.75. The van der Waals surface area contributed by atoms with E-state index in [4.69, 9.17) is 18.9 Å². The van der Waals surface area contributed by atoms with Gasteiger partial charge in [-0.3, -0.25) is 14.5 Å². The van der Waals surface area contributed by atoms with Crippen molar-refractivity contribution < 1.29 is 38.4 Å². The summed E-state index contributed by atoms with van der Waals surface area (Å²) in [5.74, 6) is -1.39. The fraction of sp³-hybridized carbons (Fsp3) is 0.222. The van der Waals surface area contributed by atoms with Gasteiger partial charge in [-0.2, -0.15) is 0 Å². The average molecular weight is 655 g/mol. The molecule has 1 saturated heterocycles. The van der Waals surface area contributed by atoms with E-state index in [2.05, 4.69) is 11.6 Å². The molecule has 0 aliphatic carbocycles. The number of rotatable bonds is 12. The number of Topliss-reactive ketones (excluding diaryl/α,β-unsaturated/α-hetero) is 1. The summed E-state index contributed by atoms with van der Waals surface area (Å²) < 4.78 is 22.4. The number of hydrogen-bond acceptors (Lipinski definition) is 10. The summed E-state index contributed by atoms with van der Waals surface area (Å²) in [7, 11) is 1.48. The van der Waals surface area contributed by atoms with Gasteiger partial charge in [0, 0.05) is 5.56 Å². The van der Waals surface area contributed by atoms with Crippen LogP contribution in [0.25, 0.3) is 5.76 Å². The Kier molecular flexibility index (Phi) is 10.1. The largest absolute Gasteiger partial charge is 0.507 e. The van der Waals surface area contributed by atoms with E-state index in [9.17, 15) is 19.5 Å². The molecule has 0 bridgehead atoms. The average Bonchev–Trinajstić information content (AvgIpc) is 3.59. The number of aromatic nitrogens is 1. The molecule has 0 spiro atoms. The molecule has 2 heterocycles. The SMILES string of the molecule is C=CCOC(=O)c1sc(N2C(=O)C(=O)C(=C(O)c3ccc(OCc4ccccc4)c(C)c3)[C@H]2c2ccc(OCC)c(OC)c2)nc1C. The van der Waals surface area contributed by atoms with E-state index in [1.807, 2.05) is 44.2 Å². The number of carbonyl (C=O) groups excluding carboxylic acids is 3. The van der Waals surface area contributed by atoms with E-state index in [0.717, 1.165) is 22.5 Å². The van der Waals surface area contributed by atoms with Crippen LogP contribution in [0.15, 0.2) is 85.0 Å². The lowest BCUT2D eigenvalue weighted by molar-refractivity contribution is -0.132. The molecule has 1 atom stereocenters. The highest BCUT2D eigenvalue weighted by atomic mass is 32.1. The van der Waals surface area contributed by atoms with Crippen LogP contribution < -0.4 is 19.1 Å². The highest BCUT2D eigenvalue weighted by Crippen LogP contribution is 2.45. The van der Waals surface area contributed by atoms with Crippen molar-refractivity contribution in [2.24, 2.45) is 0 Å². The second kappa shape index (κ2) is 14.3. The normalized spacial score (nSPS) is 15.4. The minimum absolute atomic E-state index is 0.00248. The van der Waals surface area contributed by atoms with Gasteiger partial charge in [-0.05, 0) is 67.8 Å². The van der Waals surface area contributed by atoms with Gasteiger partial charge in [0.1, 0.15) is 29.6 Å². The van der Waals surface area contributed by atoms with Crippen LogP contribution in [-0.2, 0) is 20.9 Å². The molecule has 1 aromatic heterocycles. The maximum absolute atomic E-state index is 13.8. The summed E-state index contributed by atoms with van der Waals surface area (Å²) >= 11 is 0.915. The topological polar surface area (TPSA) is 124 Å². The minimum Gasteiger partial charge on any atom is -0.507 e. The number of methoxy groups -OCH3 is 1. The molecule has 3 aromatic carbocycles. The Morgan fingerprint density at radius 1 is 1.02 bits per heavy atom. The zero-order chi connectivity index (χ0) is 33.7. The first-order chi connectivity index (χ1) is 22.7. The van der Waals surface area contributed by atoms with Crippen LogP contribution in [0, 0.1) is 13.8 Å². The predicted octanol–water partition coefficient (Wildman–Crippen LogP) is 6.72. The highest BCUT2D eigenvalue weighted by molar-refractivity contribution is 7.17. The molecule has 1 aliphatic rings. The molecule has 11 heteroatoms. The maximum Gasteiger partial charge on any atom is 0.350 e. The van der Waals surface area contributed by atoms with E-state index in [1.165, 1.54) is 18.1 Å². The number of ketones is 1. The molecule has 5 rings (SSSR count). The number of thiazole rings is 1. The number of hydrogen-bond donors (Lipinski definition) is 1. The molecule has 1 amide bonds. The van der Waals surface area contributed by atoms with Crippen LogP contribution in [0.1, 0.15) is 50.6 Å². The zero-order valence-corrected chi connectivity index (χ0v) is 27.3. The van der Waals surface area contributed by atoms with Crippen LogP contribution in [0.2, 0.25) is 0 Å². The number of aliphatic hydroxyl groups is 1. The number of carbonyl (C=O) groups is 3. The first-order valence-electron chi connectivity index (χ1n) is 14.8. The lowest BCUT2D eigenvalue weighted by Gasteiger charge is -2.24. The maximum atomic E-state index is 13.8.